The molecule has 2 amide bonds. The van der Waals surface area contributed by atoms with Gasteiger partial charge in [-0.2, -0.15) is 0 Å². The van der Waals surface area contributed by atoms with E-state index in [0.29, 0.717) is 26.1 Å². The Hall–Kier alpha value is -2.31. The molecule has 3 rings (SSSR count). The van der Waals surface area contributed by atoms with Gasteiger partial charge < -0.3 is 19.9 Å². The molecule has 2 aliphatic heterocycles. The van der Waals surface area contributed by atoms with E-state index in [1.165, 1.54) is 0 Å². The van der Waals surface area contributed by atoms with Crippen LogP contribution in [0.3, 0.4) is 0 Å². The van der Waals surface area contributed by atoms with Gasteiger partial charge in [-0.05, 0) is 30.7 Å². The molecular formula is C18H25N3O4. The summed E-state index contributed by atoms with van der Waals surface area (Å²) in [4.78, 5) is 37.7. The lowest BCUT2D eigenvalue weighted by Gasteiger charge is -2.42. The molecule has 0 saturated carbocycles. The number of hydrogen-bond donors (Lipinski definition) is 2. The second-order valence-electron chi connectivity index (χ2n) is 7.57. The van der Waals surface area contributed by atoms with Gasteiger partial charge in [0.25, 0.3) is 5.56 Å². The van der Waals surface area contributed by atoms with Crippen molar-refractivity contribution in [2.24, 2.45) is 11.8 Å². The van der Waals surface area contributed by atoms with Gasteiger partial charge in [0.2, 0.25) is 0 Å². The number of carbonyl (C=O) groups excluding carboxylic acids is 1. The fraction of sp³-hybridized carbons (Fsp3) is 0.611. The maximum absolute atomic E-state index is 12.6. The van der Waals surface area contributed by atoms with Crippen LogP contribution in [-0.2, 0) is 11.3 Å². The highest BCUT2D eigenvalue weighted by Gasteiger charge is 2.37. The molecule has 7 heteroatoms. The van der Waals surface area contributed by atoms with Crippen LogP contribution >= 0.6 is 0 Å². The maximum atomic E-state index is 12.6. The molecule has 1 fully saturated rings. The number of nitrogens with one attached hydrogen (secondary N) is 1. The third kappa shape index (κ3) is 3.70. The van der Waals surface area contributed by atoms with E-state index in [2.05, 4.69) is 5.32 Å². The highest BCUT2D eigenvalue weighted by atomic mass is 16.4. The van der Waals surface area contributed by atoms with Crippen molar-refractivity contribution in [2.45, 2.75) is 45.2 Å². The average Bonchev–Trinajstić information content (AvgIpc) is 2.54. The molecule has 3 atom stereocenters. The van der Waals surface area contributed by atoms with Crippen LogP contribution in [-0.4, -0.2) is 45.7 Å². The molecule has 1 aromatic rings. The number of aliphatic carboxylic acids is 1. The van der Waals surface area contributed by atoms with Crippen LogP contribution in [0.2, 0.25) is 0 Å². The third-order valence-electron chi connectivity index (χ3n) is 5.07. The summed E-state index contributed by atoms with van der Waals surface area (Å²) in [7, 11) is 0. The molecule has 0 radical (unpaired) electrons. The fourth-order valence-corrected chi connectivity index (χ4v) is 4.00. The molecule has 1 aromatic heterocycles. The minimum atomic E-state index is -1.00. The van der Waals surface area contributed by atoms with Gasteiger partial charge in [-0.3, -0.25) is 4.79 Å². The molecule has 2 unspecified atom stereocenters. The molecule has 1 saturated heterocycles. The number of pyridine rings is 1. The van der Waals surface area contributed by atoms with Crippen LogP contribution in [0.25, 0.3) is 0 Å². The van der Waals surface area contributed by atoms with Crippen LogP contribution in [0.1, 0.15) is 38.3 Å². The predicted octanol–water partition coefficient (Wildman–Crippen LogP) is 1.48. The fourth-order valence-electron chi connectivity index (χ4n) is 4.00. The Morgan fingerprint density at radius 1 is 1.28 bits per heavy atom. The number of amides is 2. The van der Waals surface area contributed by atoms with Gasteiger partial charge in [0, 0.05) is 37.3 Å². The monoisotopic (exact) mass is 347 g/mol. The number of fused-ring (bicyclic) bond motifs is 4. The summed E-state index contributed by atoms with van der Waals surface area (Å²) < 4.78 is 1.81. The molecule has 0 aliphatic carbocycles. The van der Waals surface area contributed by atoms with E-state index in [4.69, 9.17) is 0 Å². The van der Waals surface area contributed by atoms with E-state index in [9.17, 15) is 19.5 Å². The summed E-state index contributed by atoms with van der Waals surface area (Å²) in [6.45, 7) is 5.55. The second kappa shape index (κ2) is 6.90. The number of carbonyl (C=O) groups is 2. The van der Waals surface area contributed by atoms with Crippen molar-refractivity contribution in [3.8, 4) is 0 Å². The largest absolute Gasteiger partial charge is 0.480 e. The molecule has 2 bridgehead atoms. The van der Waals surface area contributed by atoms with E-state index in [0.717, 1.165) is 12.1 Å². The molecule has 136 valence electrons. The number of carboxylic acids is 1. The molecule has 25 heavy (non-hydrogen) atoms. The third-order valence-corrected chi connectivity index (χ3v) is 5.07. The first-order valence-corrected chi connectivity index (χ1v) is 8.83. The summed E-state index contributed by atoms with van der Waals surface area (Å²) >= 11 is 0. The first-order chi connectivity index (χ1) is 11.8. The molecule has 0 aromatic carbocycles. The van der Waals surface area contributed by atoms with Gasteiger partial charge in [-0.15, -0.1) is 0 Å². The highest BCUT2D eigenvalue weighted by Crippen LogP contribution is 2.34. The molecule has 2 aliphatic rings. The molecule has 7 nitrogen and oxygen atoms in total. The van der Waals surface area contributed by atoms with E-state index in [-0.39, 0.29) is 29.3 Å². The minimum Gasteiger partial charge on any atom is -0.480 e. The van der Waals surface area contributed by atoms with E-state index < -0.39 is 12.0 Å². The Bertz CT molecular complexity index is 727. The predicted molar refractivity (Wildman–Crippen MR) is 92.5 cm³/mol. The van der Waals surface area contributed by atoms with Gasteiger partial charge in [-0.1, -0.05) is 19.9 Å². The van der Waals surface area contributed by atoms with E-state index in [1.54, 1.807) is 17.0 Å². The van der Waals surface area contributed by atoms with Gasteiger partial charge in [0.15, 0.2) is 0 Å². The van der Waals surface area contributed by atoms with Crippen molar-refractivity contribution >= 4 is 12.0 Å². The molecule has 3 heterocycles. The molecular weight excluding hydrogens is 322 g/mol. The van der Waals surface area contributed by atoms with Crippen LogP contribution in [0.5, 0.6) is 0 Å². The number of nitrogens with zero attached hydrogens (tertiary/aromatic N) is 2. The smallest absolute Gasteiger partial charge is 0.326 e. The Morgan fingerprint density at radius 3 is 2.72 bits per heavy atom. The van der Waals surface area contributed by atoms with Crippen molar-refractivity contribution in [3.05, 3.63) is 34.2 Å². The minimum absolute atomic E-state index is 0.00739. The lowest BCUT2D eigenvalue weighted by Crippen LogP contribution is -2.54. The zero-order chi connectivity index (χ0) is 18.1. The standard InChI is InChI=1S/C18H25N3O4/c1-11(2)6-14(17(23)24)19-18(25)20-8-12-7-13(10-20)15-4-3-5-16(22)21(15)9-12/h3-5,11-14H,6-10H2,1-2H3,(H,19,25)(H,23,24)/t12?,13?,14-/m1/s1. The highest BCUT2D eigenvalue weighted by molar-refractivity contribution is 5.82. The van der Waals surface area contributed by atoms with Crippen molar-refractivity contribution in [2.75, 3.05) is 13.1 Å². The number of carboxylic acid groups (broad SMARTS) is 1. The number of hydrogen-bond acceptors (Lipinski definition) is 3. The van der Waals surface area contributed by atoms with Crippen LogP contribution < -0.4 is 10.9 Å². The number of rotatable bonds is 4. The zero-order valence-electron chi connectivity index (χ0n) is 14.6. The lowest BCUT2D eigenvalue weighted by molar-refractivity contribution is -0.139. The van der Waals surface area contributed by atoms with Gasteiger partial charge in [0.05, 0.1) is 0 Å². The van der Waals surface area contributed by atoms with E-state index >= 15 is 0 Å². The quantitative estimate of drug-likeness (QED) is 0.863. The first-order valence-electron chi connectivity index (χ1n) is 8.83. The Balaban J connectivity index is 1.72. The zero-order valence-corrected chi connectivity index (χ0v) is 14.6. The lowest BCUT2D eigenvalue weighted by atomic mass is 9.83. The van der Waals surface area contributed by atoms with E-state index in [1.807, 2.05) is 24.5 Å². The topological polar surface area (TPSA) is 91.6 Å². The SMILES string of the molecule is CC(C)C[C@@H](NC(=O)N1CC2CC(C1)c1cccc(=O)n1C2)C(=O)O. The van der Waals surface area contributed by atoms with Crippen LogP contribution in [0.15, 0.2) is 23.0 Å². The van der Waals surface area contributed by atoms with Crippen LogP contribution in [0, 0.1) is 11.8 Å². The van der Waals surface area contributed by atoms with Crippen molar-refractivity contribution in [3.63, 3.8) is 0 Å². The molecule has 2 N–H and O–H groups in total. The summed E-state index contributed by atoms with van der Waals surface area (Å²) in [5, 5.41) is 12.0. The number of piperidine rings is 1. The maximum Gasteiger partial charge on any atom is 0.326 e. The van der Waals surface area contributed by atoms with Crippen molar-refractivity contribution in [1.82, 2.24) is 14.8 Å². The first kappa shape index (κ1) is 17.5. The molecule has 0 spiro atoms. The summed E-state index contributed by atoms with van der Waals surface area (Å²) in [5.41, 5.74) is 0.978. The second-order valence-corrected chi connectivity index (χ2v) is 7.57. The van der Waals surface area contributed by atoms with Gasteiger partial charge in [-0.25, -0.2) is 9.59 Å². The normalized spacial score (nSPS) is 23.1. The van der Waals surface area contributed by atoms with Crippen LogP contribution in [0.4, 0.5) is 4.79 Å². The Labute approximate surface area is 146 Å². The number of urea groups is 1. The Kier molecular flexibility index (Phi) is 4.83. The van der Waals surface area contributed by atoms with Crippen molar-refractivity contribution < 1.29 is 14.7 Å². The van der Waals surface area contributed by atoms with Gasteiger partial charge in [0.1, 0.15) is 6.04 Å². The summed E-state index contributed by atoms with van der Waals surface area (Å²) in [6, 6.07) is 4.08. The summed E-state index contributed by atoms with van der Waals surface area (Å²) in [5.74, 6) is -0.469. The Morgan fingerprint density at radius 2 is 2.04 bits per heavy atom. The summed E-state index contributed by atoms with van der Waals surface area (Å²) in [6.07, 6.45) is 1.36. The number of aromatic nitrogens is 1. The average molecular weight is 347 g/mol. The van der Waals surface area contributed by atoms with Gasteiger partial charge >= 0.3 is 12.0 Å². The van der Waals surface area contributed by atoms with Crippen molar-refractivity contribution in [1.29, 1.82) is 0 Å². The number of likely N-dealkylation sites (tertiary alicyclic amines) is 1.